The van der Waals surface area contributed by atoms with Crippen molar-refractivity contribution >= 4 is 14.1 Å². The Kier molecular flexibility index (Phi) is 2.84. The maximum absolute atomic E-state index is 10.1. The van der Waals surface area contributed by atoms with Crippen LogP contribution in [-0.2, 0) is 14.1 Å². The fourth-order valence-corrected chi connectivity index (χ4v) is 0.368. The van der Waals surface area contributed by atoms with Crippen LogP contribution in [-0.4, -0.2) is 22.1 Å². The molecular formula is C3H7O5P. The van der Waals surface area contributed by atoms with Gasteiger partial charge in [0.2, 0.25) is 0 Å². The van der Waals surface area contributed by atoms with Crippen molar-refractivity contribution in [2.45, 2.75) is 12.8 Å². The summed E-state index contributed by atoms with van der Waals surface area (Å²) in [5, 5.41) is 0. The second-order valence-corrected chi connectivity index (χ2v) is 3.33. The number of hydrogen-bond donors (Lipinski definition) is 2. The first kappa shape index (κ1) is 8.62. The minimum atomic E-state index is -4.23. The molecule has 9 heavy (non-hydrogen) atoms. The first-order valence-electron chi connectivity index (χ1n) is 2.13. The lowest BCUT2D eigenvalue weighted by atomic mass is 10.9. The highest BCUT2D eigenvalue weighted by molar-refractivity contribution is 7.52. The summed E-state index contributed by atoms with van der Waals surface area (Å²) in [6.45, 7) is 1.12. The van der Waals surface area contributed by atoms with Crippen LogP contribution in [0.15, 0.2) is 0 Å². The molecular weight excluding hydrogens is 147 g/mol. The van der Waals surface area contributed by atoms with Crippen molar-refractivity contribution in [1.82, 2.24) is 0 Å². The predicted molar refractivity (Wildman–Crippen MR) is 28.7 cm³/mol. The fourth-order valence-electron chi connectivity index (χ4n) is 0.160. The number of carbonyl (C=O) groups excluding carboxylic acids is 1. The van der Waals surface area contributed by atoms with E-state index in [1.807, 2.05) is 0 Å². The summed E-state index contributed by atoms with van der Waals surface area (Å²) in [7, 11) is -4.23. The zero-order chi connectivity index (χ0) is 7.49. The van der Waals surface area contributed by atoms with Gasteiger partial charge < -0.3 is 14.5 Å². The molecule has 0 aliphatic rings. The summed E-state index contributed by atoms with van der Waals surface area (Å²) in [6.07, 6.45) is 0. The van der Waals surface area contributed by atoms with Gasteiger partial charge >= 0.3 is 7.60 Å². The van der Waals surface area contributed by atoms with Crippen molar-refractivity contribution in [2.24, 2.45) is 0 Å². The van der Waals surface area contributed by atoms with E-state index in [0.717, 1.165) is 6.92 Å². The molecule has 0 aromatic carbocycles. The molecule has 0 fully saturated rings. The Morgan fingerprint density at radius 2 is 2.11 bits per heavy atom. The summed E-state index contributed by atoms with van der Waals surface area (Å²) in [5.74, 6) is -1.34. The van der Waals surface area contributed by atoms with Gasteiger partial charge in [0.25, 0.3) is 6.47 Å². The lowest BCUT2D eigenvalue weighted by molar-refractivity contribution is -0.130. The second kappa shape index (κ2) is 2.96. The van der Waals surface area contributed by atoms with Gasteiger partial charge in [-0.2, -0.15) is 0 Å². The molecule has 5 nitrogen and oxygen atoms in total. The van der Waals surface area contributed by atoms with Gasteiger partial charge in [-0.15, -0.1) is 0 Å². The minimum Gasteiger partial charge on any atom is -0.452 e. The first-order chi connectivity index (χ1) is 3.98. The van der Waals surface area contributed by atoms with Gasteiger partial charge in [-0.3, -0.25) is 9.36 Å². The maximum Gasteiger partial charge on any atom is 0.365 e. The number of carbonyl (C=O) groups is 1. The van der Waals surface area contributed by atoms with Gasteiger partial charge in [-0.1, -0.05) is 0 Å². The van der Waals surface area contributed by atoms with Gasteiger partial charge in [-0.05, 0) is 6.92 Å². The topological polar surface area (TPSA) is 83.8 Å². The van der Waals surface area contributed by atoms with Crippen LogP contribution >= 0.6 is 7.60 Å². The van der Waals surface area contributed by atoms with Crippen LogP contribution in [0, 0.1) is 0 Å². The molecule has 0 saturated carbocycles. The zero-order valence-corrected chi connectivity index (χ0v) is 5.62. The van der Waals surface area contributed by atoms with Crippen LogP contribution in [0.4, 0.5) is 0 Å². The molecule has 54 valence electrons. The van der Waals surface area contributed by atoms with Crippen molar-refractivity contribution < 1.29 is 23.9 Å². The molecule has 0 radical (unpaired) electrons. The Morgan fingerprint density at radius 1 is 1.67 bits per heavy atom. The highest BCUT2D eigenvalue weighted by Gasteiger charge is 2.24. The third-order valence-electron chi connectivity index (χ3n) is 0.726. The van der Waals surface area contributed by atoms with E-state index in [4.69, 9.17) is 9.79 Å². The van der Waals surface area contributed by atoms with Crippen LogP contribution in [0.3, 0.4) is 0 Å². The SMILES string of the molecule is CC(OC=O)P(=O)(O)O. The highest BCUT2D eigenvalue weighted by atomic mass is 31.2. The molecule has 1 atom stereocenters. The lowest BCUT2D eigenvalue weighted by Gasteiger charge is -2.09. The fraction of sp³-hybridized carbons (Fsp3) is 0.667. The van der Waals surface area contributed by atoms with Crippen LogP contribution in [0.1, 0.15) is 6.92 Å². The quantitative estimate of drug-likeness (QED) is 0.430. The molecule has 2 N–H and O–H groups in total. The van der Waals surface area contributed by atoms with E-state index in [9.17, 15) is 9.36 Å². The van der Waals surface area contributed by atoms with Crippen LogP contribution in [0.5, 0.6) is 0 Å². The Bertz CT molecular complexity index is 137. The zero-order valence-electron chi connectivity index (χ0n) is 4.72. The molecule has 0 rings (SSSR count). The predicted octanol–water partition coefficient (Wildman–Crippen LogP) is -0.317. The molecule has 0 amide bonds. The highest BCUT2D eigenvalue weighted by Crippen LogP contribution is 2.40. The van der Waals surface area contributed by atoms with Crippen LogP contribution in [0.25, 0.3) is 0 Å². The number of rotatable bonds is 3. The summed E-state index contributed by atoms with van der Waals surface area (Å²) in [6, 6.07) is 0. The third-order valence-corrected chi connectivity index (χ3v) is 1.80. The van der Waals surface area contributed by atoms with Crippen LogP contribution < -0.4 is 0 Å². The largest absolute Gasteiger partial charge is 0.452 e. The van der Waals surface area contributed by atoms with E-state index >= 15 is 0 Å². The van der Waals surface area contributed by atoms with Crippen molar-refractivity contribution in [3.63, 3.8) is 0 Å². The normalized spacial score (nSPS) is 14.6. The minimum absolute atomic E-state index is 0.00373. The van der Waals surface area contributed by atoms with E-state index in [-0.39, 0.29) is 6.47 Å². The first-order valence-corrected chi connectivity index (χ1v) is 3.81. The van der Waals surface area contributed by atoms with E-state index in [0.29, 0.717) is 0 Å². The summed E-state index contributed by atoms with van der Waals surface area (Å²) < 4.78 is 14.1. The monoisotopic (exact) mass is 154 g/mol. The van der Waals surface area contributed by atoms with Gasteiger partial charge in [0, 0.05) is 0 Å². The van der Waals surface area contributed by atoms with Crippen molar-refractivity contribution in [2.75, 3.05) is 0 Å². The van der Waals surface area contributed by atoms with E-state index < -0.39 is 13.4 Å². The smallest absolute Gasteiger partial charge is 0.365 e. The Labute approximate surface area is 51.8 Å². The third kappa shape index (κ3) is 3.24. The van der Waals surface area contributed by atoms with E-state index in [1.54, 1.807) is 0 Å². The van der Waals surface area contributed by atoms with Crippen LogP contribution in [0.2, 0.25) is 0 Å². The molecule has 0 aromatic rings. The molecule has 0 heterocycles. The van der Waals surface area contributed by atoms with Gasteiger partial charge in [0.1, 0.15) is 0 Å². The maximum atomic E-state index is 10.1. The molecule has 0 aliphatic carbocycles. The molecule has 0 saturated heterocycles. The van der Waals surface area contributed by atoms with Gasteiger partial charge in [-0.25, -0.2) is 0 Å². The Morgan fingerprint density at radius 3 is 2.22 bits per heavy atom. The molecule has 0 spiro atoms. The lowest BCUT2D eigenvalue weighted by Crippen LogP contribution is -2.06. The van der Waals surface area contributed by atoms with Crippen molar-refractivity contribution in [3.05, 3.63) is 0 Å². The summed E-state index contributed by atoms with van der Waals surface area (Å²) >= 11 is 0. The molecule has 0 aliphatic heterocycles. The molecule has 1 unspecified atom stereocenters. The molecule has 0 bridgehead atoms. The Hall–Kier alpha value is -0.380. The van der Waals surface area contributed by atoms with Gasteiger partial charge in [0.05, 0.1) is 0 Å². The molecule has 0 aromatic heterocycles. The average Bonchev–Trinajstić information content (AvgIpc) is 1.64. The number of ether oxygens (including phenoxy) is 1. The van der Waals surface area contributed by atoms with Crippen molar-refractivity contribution in [1.29, 1.82) is 0 Å². The summed E-state index contributed by atoms with van der Waals surface area (Å²) in [4.78, 5) is 26.0. The van der Waals surface area contributed by atoms with E-state index in [1.165, 1.54) is 0 Å². The summed E-state index contributed by atoms with van der Waals surface area (Å²) in [5.41, 5.74) is 0. The Balaban J connectivity index is 3.88. The standard InChI is InChI=1S/C3H7O5P/c1-3(8-2-4)9(5,6)7/h2-3H,1H3,(H2,5,6,7). The second-order valence-electron chi connectivity index (χ2n) is 1.42. The van der Waals surface area contributed by atoms with Gasteiger partial charge in [0.15, 0.2) is 5.85 Å². The molecule has 6 heteroatoms. The van der Waals surface area contributed by atoms with Crippen molar-refractivity contribution in [3.8, 4) is 0 Å². The average molecular weight is 154 g/mol. The number of hydrogen-bond acceptors (Lipinski definition) is 3. The van der Waals surface area contributed by atoms with E-state index in [2.05, 4.69) is 4.74 Å².